The molecule has 0 fully saturated rings. The highest BCUT2D eigenvalue weighted by Crippen LogP contribution is 2.20. The highest BCUT2D eigenvalue weighted by atomic mass is 32.2. The number of rotatable bonds is 6. The third kappa shape index (κ3) is 3.61. The summed E-state index contributed by atoms with van der Waals surface area (Å²) in [6, 6.07) is 1.70. The van der Waals surface area contributed by atoms with Crippen molar-refractivity contribution in [1.82, 2.24) is 15.0 Å². The van der Waals surface area contributed by atoms with Crippen molar-refractivity contribution in [3.05, 3.63) is 32.4 Å². The van der Waals surface area contributed by atoms with Crippen molar-refractivity contribution in [2.24, 2.45) is 0 Å². The fourth-order valence-electron chi connectivity index (χ4n) is 1.51. The van der Waals surface area contributed by atoms with Crippen LogP contribution in [0.15, 0.2) is 21.9 Å². The van der Waals surface area contributed by atoms with Crippen LogP contribution in [-0.2, 0) is 23.1 Å². The lowest BCUT2D eigenvalue weighted by Gasteiger charge is -2.03. The van der Waals surface area contributed by atoms with E-state index in [0.717, 1.165) is 15.4 Å². The summed E-state index contributed by atoms with van der Waals surface area (Å²) < 4.78 is 26.8. The molecule has 0 atom stereocenters. The fourth-order valence-corrected chi connectivity index (χ4v) is 4.60. The van der Waals surface area contributed by atoms with Crippen LogP contribution in [0.25, 0.3) is 0 Å². The lowest BCUT2D eigenvalue weighted by Crippen LogP contribution is -2.22. The van der Waals surface area contributed by atoms with E-state index in [2.05, 4.69) is 15.0 Å². The summed E-state index contributed by atoms with van der Waals surface area (Å²) in [6.45, 7) is 2.83. The summed E-state index contributed by atoms with van der Waals surface area (Å²) in [4.78, 5) is 6.36. The minimum Gasteiger partial charge on any atom is -0.315 e. The Balaban J connectivity index is 2.07. The third-order valence-electron chi connectivity index (χ3n) is 2.56. The van der Waals surface area contributed by atoms with E-state index in [9.17, 15) is 8.42 Å². The zero-order chi connectivity index (χ0) is 13.9. The molecule has 0 amide bonds. The Bertz CT molecular complexity index is 646. The molecule has 2 heterocycles. The number of nitrogens with one attached hydrogen (secondary N) is 2. The lowest BCUT2D eigenvalue weighted by atomic mass is 10.4. The average molecular weight is 317 g/mol. The molecule has 0 unspecified atom stereocenters. The van der Waals surface area contributed by atoms with E-state index in [1.165, 1.54) is 22.7 Å². The number of nitrogens with zero attached hydrogens (tertiary/aromatic N) is 1. The van der Waals surface area contributed by atoms with Crippen molar-refractivity contribution < 1.29 is 8.42 Å². The maximum Gasteiger partial charge on any atom is 0.241 e. The Morgan fingerprint density at radius 3 is 2.74 bits per heavy atom. The van der Waals surface area contributed by atoms with Crippen molar-refractivity contribution in [3.63, 3.8) is 0 Å². The predicted molar refractivity (Wildman–Crippen MR) is 78.0 cm³/mol. The minimum atomic E-state index is -3.44. The van der Waals surface area contributed by atoms with Gasteiger partial charge < -0.3 is 5.32 Å². The number of hydrogen-bond donors (Lipinski definition) is 2. The van der Waals surface area contributed by atoms with Crippen LogP contribution in [0.5, 0.6) is 0 Å². The van der Waals surface area contributed by atoms with E-state index < -0.39 is 10.0 Å². The first kappa shape index (κ1) is 14.6. The van der Waals surface area contributed by atoms with Crippen LogP contribution in [0.2, 0.25) is 0 Å². The summed E-state index contributed by atoms with van der Waals surface area (Å²) in [5.74, 6) is 0. The van der Waals surface area contributed by atoms with Gasteiger partial charge in [0.15, 0.2) is 0 Å². The molecule has 0 spiro atoms. The van der Waals surface area contributed by atoms with E-state index in [0.29, 0.717) is 11.4 Å². The van der Waals surface area contributed by atoms with Gasteiger partial charge in [0.1, 0.15) is 0 Å². The molecule has 0 aliphatic rings. The van der Waals surface area contributed by atoms with Gasteiger partial charge in [0.05, 0.1) is 16.1 Å². The lowest BCUT2D eigenvalue weighted by molar-refractivity contribution is 0.582. The number of thiophene rings is 1. The third-order valence-corrected chi connectivity index (χ3v) is 5.96. The molecule has 5 nitrogen and oxygen atoms in total. The summed E-state index contributed by atoms with van der Waals surface area (Å²) in [5.41, 5.74) is 2.59. The first-order valence-electron chi connectivity index (χ1n) is 5.63. The monoisotopic (exact) mass is 317 g/mol. The van der Waals surface area contributed by atoms with Crippen molar-refractivity contribution >= 4 is 32.7 Å². The van der Waals surface area contributed by atoms with Crippen LogP contribution in [0.4, 0.5) is 0 Å². The number of aromatic nitrogens is 1. The van der Waals surface area contributed by atoms with Gasteiger partial charge in [-0.2, -0.15) is 0 Å². The summed E-state index contributed by atoms with van der Waals surface area (Å²) in [7, 11) is -1.61. The van der Waals surface area contributed by atoms with Crippen LogP contribution in [0.3, 0.4) is 0 Å². The number of aryl methyl sites for hydroxylation is 1. The zero-order valence-electron chi connectivity index (χ0n) is 10.6. The van der Waals surface area contributed by atoms with Crippen molar-refractivity contribution in [3.8, 4) is 0 Å². The van der Waals surface area contributed by atoms with Gasteiger partial charge in [0, 0.05) is 28.2 Å². The summed E-state index contributed by atoms with van der Waals surface area (Å²) in [5, 5.41) is 4.66. The second-order valence-electron chi connectivity index (χ2n) is 3.96. The predicted octanol–water partition coefficient (Wildman–Crippen LogP) is 1.71. The van der Waals surface area contributed by atoms with E-state index in [1.54, 1.807) is 17.0 Å². The molecule has 19 heavy (non-hydrogen) atoms. The smallest absolute Gasteiger partial charge is 0.241 e. The number of hydrogen-bond acceptors (Lipinski definition) is 6. The van der Waals surface area contributed by atoms with E-state index in [1.807, 2.05) is 14.0 Å². The Kier molecular flexibility index (Phi) is 4.69. The fraction of sp³-hybridized carbons (Fsp3) is 0.364. The topological polar surface area (TPSA) is 71.1 Å². The number of thiazole rings is 1. The molecule has 0 bridgehead atoms. The summed E-state index contributed by atoms with van der Waals surface area (Å²) in [6.07, 6.45) is 0. The molecule has 0 saturated heterocycles. The number of sulfonamides is 1. The second kappa shape index (κ2) is 6.10. The van der Waals surface area contributed by atoms with Gasteiger partial charge in [-0.15, -0.1) is 22.7 Å². The van der Waals surface area contributed by atoms with Crippen LogP contribution >= 0.6 is 22.7 Å². The largest absolute Gasteiger partial charge is 0.315 e. The van der Waals surface area contributed by atoms with Gasteiger partial charge in [-0.25, -0.2) is 18.1 Å². The molecule has 0 aromatic carbocycles. The summed E-state index contributed by atoms with van der Waals surface area (Å²) >= 11 is 2.89. The normalized spacial score (nSPS) is 11.9. The van der Waals surface area contributed by atoms with Crippen molar-refractivity contribution in [1.29, 1.82) is 0 Å². The molecule has 0 saturated carbocycles. The molecule has 104 valence electrons. The maximum atomic E-state index is 12.1. The molecule has 2 N–H and O–H groups in total. The van der Waals surface area contributed by atoms with E-state index >= 15 is 0 Å². The van der Waals surface area contributed by atoms with E-state index in [-0.39, 0.29) is 6.54 Å². The van der Waals surface area contributed by atoms with Crippen molar-refractivity contribution in [2.75, 3.05) is 7.05 Å². The molecule has 0 aliphatic heterocycles. The second-order valence-corrected chi connectivity index (χ2v) is 7.67. The van der Waals surface area contributed by atoms with Crippen LogP contribution in [0.1, 0.15) is 15.4 Å². The molecular weight excluding hydrogens is 302 g/mol. The van der Waals surface area contributed by atoms with Gasteiger partial charge >= 0.3 is 0 Å². The molecule has 0 radical (unpaired) electrons. The van der Waals surface area contributed by atoms with Gasteiger partial charge in [0.25, 0.3) is 0 Å². The van der Waals surface area contributed by atoms with E-state index in [4.69, 9.17) is 0 Å². The van der Waals surface area contributed by atoms with Crippen LogP contribution in [-0.4, -0.2) is 20.4 Å². The quantitative estimate of drug-likeness (QED) is 0.851. The molecule has 8 heteroatoms. The molecular formula is C11H15N3O2S3. The Hall–Kier alpha value is -0.800. The van der Waals surface area contributed by atoms with Crippen LogP contribution < -0.4 is 10.0 Å². The SMILES string of the molecule is CNCc1cc(S(=O)(=O)NCc2scnc2C)cs1. The Morgan fingerprint density at radius 1 is 1.32 bits per heavy atom. The molecule has 0 aliphatic carbocycles. The molecule has 2 rings (SSSR count). The maximum absolute atomic E-state index is 12.1. The van der Waals surface area contributed by atoms with Gasteiger partial charge in [-0.3, -0.25) is 0 Å². The van der Waals surface area contributed by atoms with Crippen LogP contribution in [0, 0.1) is 6.92 Å². The molecule has 2 aromatic heterocycles. The van der Waals surface area contributed by atoms with Gasteiger partial charge in [0.2, 0.25) is 10.0 Å². The van der Waals surface area contributed by atoms with Gasteiger partial charge in [-0.05, 0) is 20.0 Å². The molecule has 2 aromatic rings. The first-order chi connectivity index (χ1) is 9.03. The average Bonchev–Trinajstić information content (AvgIpc) is 2.97. The first-order valence-corrected chi connectivity index (χ1v) is 8.88. The highest BCUT2D eigenvalue weighted by Gasteiger charge is 2.16. The highest BCUT2D eigenvalue weighted by molar-refractivity contribution is 7.89. The van der Waals surface area contributed by atoms with Gasteiger partial charge in [-0.1, -0.05) is 0 Å². The zero-order valence-corrected chi connectivity index (χ0v) is 13.1. The Labute approximate surface area is 120 Å². The standard InChI is InChI=1S/C11H15N3O2S3/c1-8-11(18-7-13-8)5-14-19(15,16)10-3-9(4-12-2)17-6-10/h3,6-7,12,14H,4-5H2,1-2H3. The Morgan fingerprint density at radius 2 is 2.11 bits per heavy atom. The minimum absolute atomic E-state index is 0.288. The van der Waals surface area contributed by atoms with Crippen molar-refractivity contribution in [2.45, 2.75) is 24.9 Å².